The molecule has 2 amide bonds. The van der Waals surface area contributed by atoms with E-state index < -0.39 is 11.7 Å². The van der Waals surface area contributed by atoms with Crippen LogP contribution in [0.5, 0.6) is 11.5 Å². The number of rotatable bonds is 2. The highest BCUT2D eigenvalue weighted by Crippen LogP contribution is 2.42. The number of ether oxygens (including phenoxy) is 1. The molecule has 0 atom stereocenters. The molecule has 1 N–H and O–H groups in total. The first-order chi connectivity index (χ1) is 15.3. The quantitative estimate of drug-likeness (QED) is 0.683. The fraction of sp³-hybridized carbons (Fsp3) is 0.304. The minimum Gasteiger partial charge on any atom is -0.454 e. The van der Waals surface area contributed by atoms with Crippen molar-refractivity contribution in [3.8, 4) is 11.5 Å². The molecular weight excluding hydrogens is 421 g/mol. The zero-order chi connectivity index (χ0) is 22.9. The number of carbonyl (C=O) groups excluding carboxylic acids is 1. The van der Waals surface area contributed by atoms with Crippen molar-refractivity contribution in [3.63, 3.8) is 0 Å². The summed E-state index contributed by atoms with van der Waals surface area (Å²) < 4.78 is 45.8. The van der Waals surface area contributed by atoms with Crippen molar-refractivity contribution in [1.82, 2.24) is 15.1 Å². The standard InChI is InChI=1S/C23H23F3N4O2/c1-3-8-27-22(31)30-11-9-29(10-12-30)21-17-13-15(2)4-6-19(17)32-20-7-5-16(23(24,25)26)14-18(20)28-21/h3-7,13-14H,1,8-12H2,2H3,(H,27,31). The van der Waals surface area contributed by atoms with Crippen molar-refractivity contribution in [1.29, 1.82) is 0 Å². The van der Waals surface area contributed by atoms with Gasteiger partial charge in [-0.2, -0.15) is 13.2 Å². The maximum atomic E-state index is 13.3. The van der Waals surface area contributed by atoms with Gasteiger partial charge < -0.3 is 19.9 Å². The predicted molar refractivity (Wildman–Crippen MR) is 116 cm³/mol. The first-order valence-corrected chi connectivity index (χ1v) is 10.2. The lowest BCUT2D eigenvalue weighted by atomic mass is 10.1. The molecule has 9 heteroatoms. The topological polar surface area (TPSA) is 57.2 Å². The third-order valence-electron chi connectivity index (χ3n) is 5.37. The van der Waals surface area contributed by atoms with Crippen LogP contribution in [0.1, 0.15) is 16.7 Å². The number of urea groups is 1. The Bertz CT molecular complexity index is 1070. The van der Waals surface area contributed by atoms with E-state index >= 15 is 0 Å². The Kier molecular flexibility index (Phi) is 5.82. The molecule has 2 aliphatic rings. The first-order valence-electron chi connectivity index (χ1n) is 10.2. The molecular formula is C23H23F3N4O2. The number of nitrogens with zero attached hydrogens (tertiary/aromatic N) is 3. The van der Waals surface area contributed by atoms with Crippen molar-refractivity contribution in [2.24, 2.45) is 4.99 Å². The van der Waals surface area contributed by atoms with E-state index in [0.717, 1.165) is 17.7 Å². The molecule has 1 saturated heterocycles. The highest BCUT2D eigenvalue weighted by Gasteiger charge is 2.33. The summed E-state index contributed by atoms with van der Waals surface area (Å²) in [4.78, 5) is 20.5. The van der Waals surface area contributed by atoms with Crippen LogP contribution in [0, 0.1) is 6.92 Å². The molecule has 0 unspecified atom stereocenters. The summed E-state index contributed by atoms with van der Waals surface area (Å²) in [7, 11) is 0. The van der Waals surface area contributed by atoms with Gasteiger partial charge in [-0.1, -0.05) is 17.7 Å². The van der Waals surface area contributed by atoms with Crippen LogP contribution < -0.4 is 10.1 Å². The molecule has 2 aromatic rings. The zero-order valence-corrected chi connectivity index (χ0v) is 17.6. The summed E-state index contributed by atoms with van der Waals surface area (Å²) in [5.41, 5.74) is 1.02. The van der Waals surface area contributed by atoms with Crippen LogP contribution in [0.4, 0.5) is 23.7 Å². The molecule has 0 aliphatic carbocycles. The van der Waals surface area contributed by atoms with Gasteiger partial charge in [-0.15, -0.1) is 6.58 Å². The van der Waals surface area contributed by atoms with Gasteiger partial charge in [0.25, 0.3) is 0 Å². The number of fused-ring (bicyclic) bond motifs is 2. The van der Waals surface area contributed by atoms with Crippen LogP contribution in [0.2, 0.25) is 0 Å². The Hall–Kier alpha value is -3.49. The average Bonchev–Trinajstić information content (AvgIpc) is 2.93. The van der Waals surface area contributed by atoms with Crippen LogP contribution in [0.25, 0.3) is 0 Å². The molecule has 0 spiro atoms. The van der Waals surface area contributed by atoms with Gasteiger partial charge >= 0.3 is 12.2 Å². The minimum absolute atomic E-state index is 0.120. The lowest BCUT2D eigenvalue weighted by molar-refractivity contribution is -0.137. The van der Waals surface area contributed by atoms with E-state index in [2.05, 4.69) is 16.9 Å². The molecule has 0 bridgehead atoms. The monoisotopic (exact) mass is 444 g/mol. The lowest BCUT2D eigenvalue weighted by Gasteiger charge is -2.36. The second-order valence-electron chi connectivity index (χ2n) is 7.67. The van der Waals surface area contributed by atoms with Gasteiger partial charge in [0.2, 0.25) is 0 Å². The smallest absolute Gasteiger partial charge is 0.416 e. The van der Waals surface area contributed by atoms with E-state index in [0.29, 0.717) is 49.9 Å². The fourth-order valence-electron chi connectivity index (χ4n) is 3.70. The van der Waals surface area contributed by atoms with Crippen molar-refractivity contribution in [3.05, 3.63) is 65.7 Å². The molecule has 2 aliphatic heterocycles. The number of amides is 2. The number of benzene rings is 2. The van der Waals surface area contributed by atoms with E-state index in [1.54, 1.807) is 17.0 Å². The summed E-state index contributed by atoms with van der Waals surface area (Å²) in [5.74, 6) is 1.33. The maximum absolute atomic E-state index is 13.3. The van der Waals surface area contributed by atoms with Crippen molar-refractivity contribution < 1.29 is 22.7 Å². The Morgan fingerprint density at radius 2 is 1.88 bits per heavy atom. The summed E-state index contributed by atoms with van der Waals surface area (Å²) in [6, 6.07) is 8.72. The number of amidine groups is 1. The highest BCUT2D eigenvalue weighted by molar-refractivity contribution is 6.04. The summed E-state index contributed by atoms with van der Waals surface area (Å²) in [6.45, 7) is 7.79. The number of nitrogens with one attached hydrogen (secondary N) is 1. The molecule has 2 heterocycles. The molecule has 0 aromatic heterocycles. The number of hydrogen-bond acceptors (Lipinski definition) is 4. The predicted octanol–water partition coefficient (Wildman–Crippen LogP) is 4.71. The Balaban J connectivity index is 1.68. The molecule has 2 aromatic carbocycles. The van der Waals surface area contributed by atoms with Crippen LogP contribution in [-0.2, 0) is 6.18 Å². The first kappa shape index (κ1) is 21.7. The normalized spacial score (nSPS) is 15.7. The molecule has 6 nitrogen and oxygen atoms in total. The summed E-state index contributed by atoms with van der Waals surface area (Å²) >= 11 is 0. The van der Waals surface area contributed by atoms with E-state index in [-0.39, 0.29) is 17.5 Å². The number of piperazine rings is 1. The Morgan fingerprint density at radius 3 is 2.56 bits per heavy atom. The lowest BCUT2D eigenvalue weighted by Crippen LogP contribution is -2.53. The van der Waals surface area contributed by atoms with Gasteiger partial charge in [-0.05, 0) is 37.3 Å². The van der Waals surface area contributed by atoms with Gasteiger partial charge in [0.15, 0.2) is 5.75 Å². The molecule has 4 rings (SSSR count). The second kappa shape index (κ2) is 8.57. The number of hydrogen-bond donors (Lipinski definition) is 1. The molecule has 0 saturated carbocycles. The van der Waals surface area contributed by atoms with Gasteiger partial charge in [-0.3, -0.25) is 0 Å². The number of carbonyl (C=O) groups is 1. The van der Waals surface area contributed by atoms with Crippen LogP contribution >= 0.6 is 0 Å². The van der Waals surface area contributed by atoms with Crippen LogP contribution in [0.3, 0.4) is 0 Å². The second-order valence-corrected chi connectivity index (χ2v) is 7.67. The molecule has 32 heavy (non-hydrogen) atoms. The molecule has 1 fully saturated rings. The fourth-order valence-corrected chi connectivity index (χ4v) is 3.70. The van der Waals surface area contributed by atoms with E-state index in [4.69, 9.17) is 4.74 Å². The number of aliphatic imine (C=N–C) groups is 1. The Morgan fingerprint density at radius 1 is 1.16 bits per heavy atom. The Labute approximate surface area is 184 Å². The maximum Gasteiger partial charge on any atom is 0.416 e. The third kappa shape index (κ3) is 4.42. The van der Waals surface area contributed by atoms with E-state index in [1.165, 1.54) is 6.07 Å². The van der Waals surface area contributed by atoms with E-state index in [1.807, 2.05) is 24.0 Å². The summed E-state index contributed by atoms with van der Waals surface area (Å²) in [6.07, 6.45) is -2.87. The van der Waals surface area contributed by atoms with E-state index in [9.17, 15) is 18.0 Å². The molecule has 168 valence electrons. The average molecular weight is 444 g/mol. The van der Waals surface area contributed by atoms with Crippen LogP contribution in [0.15, 0.2) is 54.0 Å². The SMILES string of the molecule is C=CCNC(=O)N1CCN(C2=Nc3cc(C(F)(F)F)ccc3Oc3ccc(C)cc32)CC1. The summed E-state index contributed by atoms with van der Waals surface area (Å²) in [5, 5.41) is 2.76. The van der Waals surface area contributed by atoms with Crippen LogP contribution in [-0.4, -0.2) is 54.4 Å². The zero-order valence-electron chi connectivity index (χ0n) is 17.6. The van der Waals surface area contributed by atoms with Crippen molar-refractivity contribution in [2.75, 3.05) is 32.7 Å². The van der Waals surface area contributed by atoms with Crippen molar-refractivity contribution >= 4 is 17.6 Å². The number of alkyl halides is 3. The largest absolute Gasteiger partial charge is 0.454 e. The molecule has 0 radical (unpaired) electrons. The van der Waals surface area contributed by atoms with Gasteiger partial charge in [0.05, 0.1) is 11.1 Å². The third-order valence-corrected chi connectivity index (χ3v) is 5.37. The van der Waals surface area contributed by atoms with Gasteiger partial charge in [0.1, 0.15) is 17.3 Å². The van der Waals surface area contributed by atoms with Gasteiger partial charge in [-0.25, -0.2) is 9.79 Å². The minimum atomic E-state index is -4.48. The number of aryl methyl sites for hydroxylation is 1. The highest BCUT2D eigenvalue weighted by atomic mass is 19.4. The van der Waals surface area contributed by atoms with Gasteiger partial charge in [0, 0.05) is 32.7 Å². The number of halogens is 3. The van der Waals surface area contributed by atoms with Crippen molar-refractivity contribution in [2.45, 2.75) is 13.1 Å².